The maximum atomic E-state index is 12.9. The Morgan fingerprint density at radius 2 is 1.94 bits per heavy atom. The number of nitrogens with zero attached hydrogens (tertiary/aromatic N) is 2. The molecule has 0 spiro atoms. The topological polar surface area (TPSA) is 140 Å². The molecule has 1 atom stereocenters. The van der Waals surface area contributed by atoms with Crippen LogP contribution in [0.2, 0.25) is 5.02 Å². The molecule has 2 aromatic carbocycles. The van der Waals surface area contributed by atoms with Gasteiger partial charge in [-0.2, -0.15) is 5.10 Å². The van der Waals surface area contributed by atoms with E-state index in [1.165, 1.54) is 6.07 Å². The van der Waals surface area contributed by atoms with Crippen LogP contribution in [0.3, 0.4) is 0 Å². The molecule has 1 aromatic heterocycles. The molecule has 0 bridgehead atoms. The van der Waals surface area contributed by atoms with Gasteiger partial charge in [-0.15, -0.1) is 0 Å². The number of hydrogen-bond donors (Lipinski definition) is 3. The molecule has 9 nitrogen and oxygen atoms in total. The third-order valence-corrected chi connectivity index (χ3v) is 5.04. The van der Waals surface area contributed by atoms with Crippen LogP contribution in [0.5, 0.6) is 0 Å². The van der Waals surface area contributed by atoms with Crippen LogP contribution in [0, 0.1) is 13.8 Å². The van der Waals surface area contributed by atoms with E-state index in [-0.39, 0.29) is 5.69 Å². The summed E-state index contributed by atoms with van der Waals surface area (Å²) in [5.41, 5.74) is 1.82. The third-order valence-electron chi connectivity index (χ3n) is 4.80. The average Bonchev–Trinajstić information content (AvgIpc) is 2.73. The number of carbonyl (C=O) groups excluding carboxylic acids is 2. The van der Waals surface area contributed by atoms with Gasteiger partial charge in [0.1, 0.15) is 11.4 Å². The van der Waals surface area contributed by atoms with Crippen LogP contribution in [0.15, 0.2) is 46.3 Å². The highest BCUT2D eigenvalue weighted by molar-refractivity contribution is 6.47. The average molecular weight is 442 g/mol. The molecule has 0 aliphatic heterocycles. The highest BCUT2D eigenvalue weighted by Crippen LogP contribution is 2.21. The number of H-pyrrole nitrogens is 1. The molecule has 0 aliphatic rings. The van der Waals surface area contributed by atoms with Gasteiger partial charge in [0.25, 0.3) is 11.5 Å². The fourth-order valence-corrected chi connectivity index (χ4v) is 3.19. The van der Waals surface area contributed by atoms with Gasteiger partial charge in [-0.25, -0.2) is 4.98 Å². The van der Waals surface area contributed by atoms with E-state index in [4.69, 9.17) is 22.2 Å². The Kier molecular flexibility index (Phi) is 6.36. The summed E-state index contributed by atoms with van der Waals surface area (Å²) in [6.45, 7) is 3.83. The summed E-state index contributed by atoms with van der Waals surface area (Å²) in [7, 11) is 1.12. The molecular formula is C21H20ClN5O4. The van der Waals surface area contributed by atoms with Crippen LogP contribution in [-0.2, 0) is 14.3 Å². The number of amides is 1. The number of aromatic amines is 1. The number of nitrogens with two attached hydrogens (primary N) is 1. The maximum Gasteiger partial charge on any atom is 0.321 e. The fourth-order valence-electron chi connectivity index (χ4n) is 3.02. The van der Waals surface area contributed by atoms with E-state index in [2.05, 4.69) is 20.4 Å². The van der Waals surface area contributed by atoms with Crippen molar-refractivity contribution in [2.45, 2.75) is 19.8 Å². The zero-order valence-corrected chi connectivity index (χ0v) is 17.8. The number of aryl methyl sites for hydroxylation is 2. The lowest BCUT2D eigenvalue weighted by atomic mass is 9.98. The van der Waals surface area contributed by atoms with E-state index in [9.17, 15) is 14.4 Å². The van der Waals surface area contributed by atoms with Gasteiger partial charge < -0.3 is 20.9 Å². The number of anilines is 1. The van der Waals surface area contributed by atoms with Crippen molar-refractivity contribution in [3.63, 3.8) is 0 Å². The first-order valence-electron chi connectivity index (χ1n) is 9.18. The Labute approximate surface area is 182 Å². The number of hydrazone groups is 1. The number of hydrogen-bond acceptors (Lipinski definition) is 7. The quantitative estimate of drug-likeness (QED) is 0.240. The van der Waals surface area contributed by atoms with Crippen molar-refractivity contribution in [1.82, 2.24) is 9.97 Å². The molecule has 0 saturated carbocycles. The molecule has 0 aliphatic carbocycles. The molecule has 31 heavy (non-hydrogen) atoms. The molecule has 4 N–H and O–H groups in total. The van der Waals surface area contributed by atoms with E-state index in [1.54, 1.807) is 24.3 Å². The van der Waals surface area contributed by atoms with E-state index < -0.39 is 29.1 Å². The van der Waals surface area contributed by atoms with Crippen molar-refractivity contribution < 1.29 is 14.3 Å². The number of methoxy groups -OCH3 is 1. The Hall–Kier alpha value is -3.72. The Morgan fingerprint density at radius 1 is 1.19 bits per heavy atom. The van der Waals surface area contributed by atoms with Gasteiger partial charge in [0, 0.05) is 10.7 Å². The number of halogens is 1. The van der Waals surface area contributed by atoms with Crippen molar-refractivity contribution in [2.75, 3.05) is 12.4 Å². The summed E-state index contributed by atoms with van der Waals surface area (Å²) >= 11 is 5.95. The highest BCUT2D eigenvalue weighted by atomic mass is 35.5. The normalized spacial score (nSPS) is 12.5. The monoisotopic (exact) mass is 441 g/mol. The largest absolute Gasteiger partial charge is 0.468 e. The number of rotatable bonds is 5. The molecule has 3 aromatic rings. The zero-order chi connectivity index (χ0) is 22.7. The Balaban J connectivity index is 2.05. The van der Waals surface area contributed by atoms with Gasteiger partial charge in [-0.1, -0.05) is 17.7 Å². The number of ether oxygens (including phenoxy) is 1. The number of esters is 1. The van der Waals surface area contributed by atoms with Crippen LogP contribution in [0.1, 0.15) is 22.7 Å². The number of carbonyl (C=O) groups is 2. The van der Waals surface area contributed by atoms with Crippen LogP contribution < -0.4 is 16.7 Å². The van der Waals surface area contributed by atoms with Crippen LogP contribution in [-0.4, -0.2) is 34.7 Å². The summed E-state index contributed by atoms with van der Waals surface area (Å²) in [6, 6.07) is 9.97. The van der Waals surface area contributed by atoms with Gasteiger partial charge in [-0.05, 0) is 55.3 Å². The molecule has 10 heteroatoms. The first-order valence-corrected chi connectivity index (χ1v) is 9.56. The second kappa shape index (κ2) is 8.97. The first-order chi connectivity index (χ1) is 14.7. The zero-order valence-electron chi connectivity index (χ0n) is 17.0. The summed E-state index contributed by atoms with van der Waals surface area (Å²) < 4.78 is 4.80. The van der Waals surface area contributed by atoms with E-state index >= 15 is 0 Å². The number of benzene rings is 2. The highest BCUT2D eigenvalue weighted by Gasteiger charge is 2.36. The van der Waals surface area contributed by atoms with E-state index in [1.807, 2.05) is 19.9 Å². The van der Waals surface area contributed by atoms with E-state index in [0.29, 0.717) is 21.7 Å². The van der Waals surface area contributed by atoms with Crippen LogP contribution >= 0.6 is 11.6 Å². The van der Waals surface area contributed by atoms with Gasteiger partial charge in [0.2, 0.25) is 0 Å². The number of aromatic nitrogens is 2. The van der Waals surface area contributed by atoms with Crippen molar-refractivity contribution in [2.24, 2.45) is 10.9 Å². The molecule has 0 radical (unpaired) electrons. The molecule has 1 heterocycles. The van der Waals surface area contributed by atoms with E-state index in [0.717, 1.165) is 18.2 Å². The predicted molar refractivity (Wildman–Crippen MR) is 118 cm³/mol. The summed E-state index contributed by atoms with van der Waals surface area (Å²) in [5.74, 6) is 2.24. The minimum absolute atomic E-state index is 0.277. The minimum atomic E-state index is -1.54. The molecular weight excluding hydrogens is 422 g/mol. The molecule has 1 unspecified atom stereocenters. The molecule has 3 rings (SSSR count). The van der Waals surface area contributed by atoms with Crippen molar-refractivity contribution in [1.29, 1.82) is 0 Å². The number of fused-ring (bicyclic) bond motifs is 1. The predicted octanol–water partition coefficient (Wildman–Crippen LogP) is 2.40. The van der Waals surface area contributed by atoms with Crippen molar-refractivity contribution >= 4 is 45.9 Å². The smallest absolute Gasteiger partial charge is 0.321 e. The first kappa shape index (κ1) is 22.0. The molecule has 0 saturated heterocycles. The second-order valence-corrected chi connectivity index (χ2v) is 7.27. The maximum absolute atomic E-state index is 12.9. The lowest BCUT2D eigenvalue weighted by molar-refractivity contribution is -0.141. The Bertz CT molecular complexity index is 1270. The van der Waals surface area contributed by atoms with Crippen LogP contribution in [0.4, 0.5) is 5.69 Å². The third kappa shape index (κ3) is 4.56. The number of nitrogens with one attached hydrogen (secondary N) is 2. The molecule has 160 valence electrons. The molecule has 0 fully saturated rings. The second-order valence-electron chi connectivity index (χ2n) is 6.84. The minimum Gasteiger partial charge on any atom is -0.468 e. The van der Waals surface area contributed by atoms with Gasteiger partial charge in [0.05, 0.1) is 18.1 Å². The van der Waals surface area contributed by atoms with Crippen LogP contribution in [0.25, 0.3) is 11.0 Å². The molecule has 1 amide bonds. The van der Waals surface area contributed by atoms with Gasteiger partial charge in [0.15, 0.2) is 5.92 Å². The van der Waals surface area contributed by atoms with Crippen molar-refractivity contribution in [3.8, 4) is 0 Å². The lowest BCUT2D eigenvalue weighted by Gasteiger charge is -2.16. The van der Waals surface area contributed by atoms with Gasteiger partial charge >= 0.3 is 5.97 Å². The lowest BCUT2D eigenvalue weighted by Crippen LogP contribution is -2.38. The van der Waals surface area contributed by atoms with Crippen molar-refractivity contribution in [3.05, 3.63) is 68.6 Å². The standard InChI is InChI=1S/C21H20ClN5O4/c1-10-4-6-13(8-11(10)2)24-20(29)18(27-23)16(21(30)31-3)17-19(28)26-15-9-12(22)5-7-14(15)25-17/h4-9,16H,23H2,1-3H3,(H,24,29)(H,26,28)/b27-18-. The summed E-state index contributed by atoms with van der Waals surface area (Å²) in [5, 5.41) is 6.54. The van der Waals surface area contributed by atoms with Gasteiger partial charge in [-0.3, -0.25) is 14.4 Å². The SMILES string of the molecule is COC(=O)C(/C(=N/N)C(=O)Nc1ccc(C)c(C)c1)c1nc2ccc(Cl)cc2[nH]c1=O. The summed E-state index contributed by atoms with van der Waals surface area (Å²) in [6.07, 6.45) is 0. The Morgan fingerprint density at radius 3 is 2.58 bits per heavy atom. The fraction of sp³-hybridized carbons (Fsp3) is 0.190. The summed E-state index contributed by atoms with van der Waals surface area (Å²) in [4.78, 5) is 45.0.